The van der Waals surface area contributed by atoms with E-state index in [-0.39, 0.29) is 23.2 Å². The SMILES string of the molecule is COc1cc(-n2cnc3cc(-c4cnn(CC5CCCO5)c4)ccc32)cc(OC)c1C(=O)CCC(F)(F)F. The molecule has 1 fully saturated rings. The molecule has 0 saturated carbocycles. The Balaban J connectivity index is 1.43. The van der Waals surface area contributed by atoms with Crippen LogP contribution in [-0.4, -0.2) is 58.2 Å². The van der Waals surface area contributed by atoms with E-state index in [0.717, 1.165) is 48.2 Å². The predicted molar refractivity (Wildman–Crippen MR) is 134 cm³/mol. The summed E-state index contributed by atoms with van der Waals surface area (Å²) in [5, 5.41) is 4.47. The zero-order valence-electron chi connectivity index (χ0n) is 21.0. The number of fused-ring (bicyclic) bond motifs is 1. The second kappa shape index (κ2) is 10.5. The lowest BCUT2D eigenvalue weighted by atomic mass is 10.0. The number of methoxy groups -OCH3 is 2. The van der Waals surface area contributed by atoms with E-state index in [1.165, 1.54) is 14.2 Å². The van der Waals surface area contributed by atoms with Gasteiger partial charge in [-0.25, -0.2) is 4.98 Å². The lowest BCUT2D eigenvalue weighted by Crippen LogP contribution is -2.14. The summed E-state index contributed by atoms with van der Waals surface area (Å²) >= 11 is 0. The third kappa shape index (κ3) is 5.38. The molecule has 8 nitrogen and oxygen atoms in total. The van der Waals surface area contributed by atoms with E-state index in [2.05, 4.69) is 10.1 Å². The van der Waals surface area contributed by atoms with Gasteiger partial charge < -0.3 is 14.2 Å². The number of Topliss-reactive ketones (excluding diaryl/α,β-unsaturated/α-hetero) is 1. The number of nitrogens with zero attached hydrogens (tertiary/aromatic N) is 4. The fourth-order valence-electron chi connectivity index (χ4n) is 4.70. The van der Waals surface area contributed by atoms with Gasteiger partial charge in [-0.05, 0) is 30.5 Å². The number of imidazole rings is 1. The first-order valence-corrected chi connectivity index (χ1v) is 12.2. The first kappa shape index (κ1) is 25.8. The van der Waals surface area contributed by atoms with Crippen molar-refractivity contribution in [1.82, 2.24) is 19.3 Å². The Hall–Kier alpha value is -3.86. The second-order valence-corrected chi connectivity index (χ2v) is 9.17. The maximum atomic E-state index is 12.7. The summed E-state index contributed by atoms with van der Waals surface area (Å²) in [6.07, 6.45) is 1.40. The van der Waals surface area contributed by atoms with Gasteiger partial charge in [0.15, 0.2) is 5.78 Å². The normalized spacial score (nSPS) is 15.8. The van der Waals surface area contributed by atoms with Crippen LogP contribution in [-0.2, 0) is 11.3 Å². The van der Waals surface area contributed by atoms with Crippen molar-refractivity contribution in [3.8, 4) is 28.3 Å². The van der Waals surface area contributed by atoms with Gasteiger partial charge in [0.25, 0.3) is 0 Å². The van der Waals surface area contributed by atoms with Gasteiger partial charge in [-0.1, -0.05) is 6.07 Å². The molecule has 1 aliphatic heterocycles. The molecule has 4 aromatic rings. The molecule has 0 radical (unpaired) electrons. The largest absolute Gasteiger partial charge is 0.496 e. The molecule has 0 amide bonds. The summed E-state index contributed by atoms with van der Waals surface area (Å²) in [5.74, 6) is -0.449. The standard InChI is InChI=1S/C27H27F3N4O4/c1-36-24-11-19(12-25(37-2)26(24)23(35)7-8-27(28,29)30)34-16-31-21-10-17(5-6-22(21)34)18-13-32-33(14-18)15-20-4-3-9-38-20/h5-6,10-14,16,20H,3-4,7-9,15H2,1-2H3. The Kier molecular flexibility index (Phi) is 7.11. The number of benzene rings is 2. The Labute approximate surface area is 216 Å². The molecule has 2 aromatic heterocycles. The van der Waals surface area contributed by atoms with Crippen molar-refractivity contribution in [3.63, 3.8) is 0 Å². The van der Waals surface area contributed by atoms with Crippen molar-refractivity contribution in [2.75, 3.05) is 20.8 Å². The number of carbonyl (C=O) groups excluding carboxylic acids is 1. The number of ketones is 1. The molecule has 0 spiro atoms. The highest BCUT2D eigenvalue weighted by molar-refractivity contribution is 6.02. The molecule has 38 heavy (non-hydrogen) atoms. The summed E-state index contributed by atoms with van der Waals surface area (Å²) in [6.45, 7) is 1.52. The first-order chi connectivity index (χ1) is 18.3. The Morgan fingerprint density at radius 3 is 2.55 bits per heavy atom. The zero-order valence-corrected chi connectivity index (χ0v) is 21.0. The van der Waals surface area contributed by atoms with E-state index in [1.807, 2.05) is 35.3 Å². The van der Waals surface area contributed by atoms with Crippen molar-refractivity contribution in [2.45, 2.75) is 44.5 Å². The third-order valence-corrected chi connectivity index (χ3v) is 6.61. The smallest absolute Gasteiger partial charge is 0.389 e. The quantitative estimate of drug-likeness (QED) is 0.263. The minimum atomic E-state index is -4.44. The number of halogens is 3. The van der Waals surface area contributed by atoms with Crippen molar-refractivity contribution < 1.29 is 32.2 Å². The highest BCUT2D eigenvalue weighted by atomic mass is 19.4. The molecule has 0 aliphatic carbocycles. The van der Waals surface area contributed by atoms with Crippen LogP contribution in [0.2, 0.25) is 0 Å². The molecule has 1 unspecified atom stereocenters. The molecule has 0 bridgehead atoms. The van der Waals surface area contributed by atoms with Crippen LogP contribution in [0, 0.1) is 0 Å². The maximum absolute atomic E-state index is 12.7. The van der Waals surface area contributed by atoms with Gasteiger partial charge in [-0.15, -0.1) is 0 Å². The highest BCUT2D eigenvalue weighted by Crippen LogP contribution is 2.36. The Morgan fingerprint density at radius 1 is 1.13 bits per heavy atom. The Bertz CT molecular complexity index is 1430. The third-order valence-electron chi connectivity index (χ3n) is 6.61. The molecule has 11 heteroatoms. The maximum Gasteiger partial charge on any atom is 0.389 e. The fraction of sp³-hybridized carbons (Fsp3) is 0.370. The molecule has 200 valence electrons. The van der Waals surface area contributed by atoms with Crippen LogP contribution in [0.4, 0.5) is 13.2 Å². The summed E-state index contributed by atoms with van der Waals surface area (Å²) in [7, 11) is 2.72. The summed E-state index contributed by atoms with van der Waals surface area (Å²) < 4.78 is 58.2. The predicted octanol–water partition coefficient (Wildman–Crippen LogP) is 5.61. The van der Waals surface area contributed by atoms with E-state index in [0.29, 0.717) is 5.69 Å². The van der Waals surface area contributed by atoms with Crippen molar-refractivity contribution >= 4 is 16.8 Å². The van der Waals surface area contributed by atoms with Gasteiger partial charge in [-0.2, -0.15) is 18.3 Å². The number of alkyl halides is 3. The zero-order chi connectivity index (χ0) is 26.9. The molecular formula is C27H27F3N4O4. The van der Waals surface area contributed by atoms with Gasteiger partial charge in [0.2, 0.25) is 0 Å². The van der Waals surface area contributed by atoms with Crippen molar-refractivity contribution in [3.05, 3.63) is 54.6 Å². The van der Waals surface area contributed by atoms with E-state index < -0.39 is 24.8 Å². The molecule has 1 saturated heterocycles. The van der Waals surface area contributed by atoms with Crippen LogP contribution < -0.4 is 9.47 Å². The Morgan fingerprint density at radius 2 is 1.89 bits per heavy atom. The lowest BCUT2D eigenvalue weighted by Gasteiger charge is -2.16. The van der Waals surface area contributed by atoms with Gasteiger partial charge in [0.05, 0.1) is 56.2 Å². The van der Waals surface area contributed by atoms with Crippen LogP contribution >= 0.6 is 0 Å². The van der Waals surface area contributed by atoms with Crippen LogP contribution in [0.3, 0.4) is 0 Å². The summed E-state index contributed by atoms with van der Waals surface area (Å²) in [5.41, 5.74) is 4.02. The molecule has 1 aliphatic rings. The van der Waals surface area contributed by atoms with E-state index >= 15 is 0 Å². The van der Waals surface area contributed by atoms with E-state index in [4.69, 9.17) is 14.2 Å². The average molecular weight is 529 g/mol. The number of ether oxygens (including phenoxy) is 3. The van der Waals surface area contributed by atoms with E-state index in [9.17, 15) is 18.0 Å². The second-order valence-electron chi connectivity index (χ2n) is 9.17. The van der Waals surface area contributed by atoms with Crippen LogP contribution in [0.15, 0.2) is 49.1 Å². The minimum Gasteiger partial charge on any atom is -0.496 e. The van der Waals surface area contributed by atoms with Gasteiger partial charge >= 0.3 is 6.18 Å². The first-order valence-electron chi connectivity index (χ1n) is 12.2. The molecule has 0 N–H and O–H groups in total. The fourth-order valence-corrected chi connectivity index (χ4v) is 4.70. The van der Waals surface area contributed by atoms with Gasteiger partial charge in [0.1, 0.15) is 23.4 Å². The number of rotatable bonds is 9. The molecule has 3 heterocycles. The number of hydrogen-bond acceptors (Lipinski definition) is 6. The summed E-state index contributed by atoms with van der Waals surface area (Å²) in [4.78, 5) is 17.2. The van der Waals surface area contributed by atoms with Crippen LogP contribution in [0.1, 0.15) is 36.0 Å². The van der Waals surface area contributed by atoms with E-state index in [1.54, 1.807) is 23.0 Å². The minimum absolute atomic E-state index is 0.0188. The number of aromatic nitrogens is 4. The molecule has 5 rings (SSSR count). The van der Waals surface area contributed by atoms with Gasteiger partial charge in [-0.3, -0.25) is 14.0 Å². The lowest BCUT2D eigenvalue weighted by molar-refractivity contribution is -0.133. The van der Waals surface area contributed by atoms with Crippen LogP contribution in [0.5, 0.6) is 11.5 Å². The van der Waals surface area contributed by atoms with Crippen molar-refractivity contribution in [1.29, 1.82) is 0 Å². The topological polar surface area (TPSA) is 80.4 Å². The van der Waals surface area contributed by atoms with Gasteiger partial charge in [0, 0.05) is 36.9 Å². The monoisotopic (exact) mass is 528 g/mol. The summed E-state index contributed by atoms with van der Waals surface area (Å²) in [6, 6.07) is 9.04. The number of carbonyl (C=O) groups is 1. The van der Waals surface area contributed by atoms with Crippen LogP contribution in [0.25, 0.3) is 27.8 Å². The highest BCUT2D eigenvalue weighted by Gasteiger charge is 2.30. The molecular weight excluding hydrogens is 501 g/mol. The molecule has 1 atom stereocenters. The number of hydrogen-bond donors (Lipinski definition) is 0. The average Bonchev–Trinajstić information content (AvgIpc) is 3.67. The molecule has 2 aromatic carbocycles. The van der Waals surface area contributed by atoms with Crippen molar-refractivity contribution in [2.24, 2.45) is 0 Å².